The van der Waals surface area contributed by atoms with Gasteiger partial charge >= 0.3 is 5.97 Å². The highest BCUT2D eigenvalue weighted by atomic mass is 16.5. The largest absolute Gasteiger partial charge is 0.493 e. The van der Waals surface area contributed by atoms with E-state index in [-0.39, 0.29) is 6.54 Å². The molecule has 0 radical (unpaired) electrons. The van der Waals surface area contributed by atoms with Gasteiger partial charge in [0.2, 0.25) is 0 Å². The van der Waals surface area contributed by atoms with Crippen molar-refractivity contribution in [2.45, 2.75) is 20.4 Å². The Balaban J connectivity index is 1.91. The number of methoxy groups -OCH3 is 1. The van der Waals surface area contributed by atoms with Crippen molar-refractivity contribution in [3.05, 3.63) is 42.5 Å². The van der Waals surface area contributed by atoms with Crippen LogP contribution in [0.4, 0.5) is 0 Å². The summed E-state index contributed by atoms with van der Waals surface area (Å²) in [6, 6.07) is 13.1. The van der Waals surface area contributed by atoms with E-state index in [2.05, 4.69) is 23.7 Å². The Bertz CT molecular complexity index is 979. The zero-order valence-corrected chi connectivity index (χ0v) is 17.1. The van der Waals surface area contributed by atoms with E-state index in [4.69, 9.17) is 9.47 Å². The van der Waals surface area contributed by atoms with Crippen LogP contribution in [0.5, 0.6) is 11.5 Å². The summed E-state index contributed by atoms with van der Waals surface area (Å²) in [5.41, 5.74) is 2.31. The van der Waals surface area contributed by atoms with E-state index in [0.29, 0.717) is 23.9 Å². The Morgan fingerprint density at radius 2 is 1.90 bits per heavy atom. The van der Waals surface area contributed by atoms with Crippen molar-refractivity contribution in [2.24, 2.45) is 0 Å². The SMILES string of the molecule is CCN(CC)CCOc1ccc(-c2nc3ccccc3n2CC(=O)O)cc1OC. The topological polar surface area (TPSA) is 76.8 Å². The van der Waals surface area contributed by atoms with Gasteiger partial charge in [0.25, 0.3) is 0 Å². The van der Waals surface area contributed by atoms with Gasteiger partial charge in [-0.25, -0.2) is 4.98 Å². The van der Waals surface area contributed by atoms with Gasteiger partial charge in [-0.2, -0.15) is 0 Å². The number of ether oxygens (including phenoxy) is 2. The van der Waals surface area contributed by atoms with Crippen LogP contribution in [0.3, 0.4) is 0 Å². The number of rotatable bonds is 10. The quantitative estimate of drug-likeness (QED) is 0.564. The molecule has 1 N–H and O–H groups in total. The van der Waals surface area contributed by atoms with E-state index in [9.17, 15) is 9.90 Å². The molecule has 0 atom stereocenters. The summed E-state index contributed by atoms with van der Waals surface area (Å²) in [4.78, 5) is 18.3. The number of likely N-dealkylation sites (N-methyl/N-ethyl adjacent to an activating group) is 1. The predicted octanol–water partition coefficient (Wildman–Crippen LogP) is 3.52. The lowest BCUT2D eigenvalue weighted by Gasteiger charge is -2.19. The summed E-state index contributed by atoms with van der Waals surface area (Å²) >= 11 is 0. The van der Waals surface area contributed by atoms with Crippen LogP contribution in [0.25, 0.3) is 22.4 Å². The minimum Gasteiger partial charge on any atom is -0.493 e. The van der Waals surface area contributed by atoms with Gasteiger partial charge in [-0.1, -0.05) is 26.0 Å². The van der Waals surface area contributed by atoms with Crippen LogP contribution in [0.1, 0.15) is 13.8 Å². The Labute approximate surface area is 170 Å². The summed E-state index contributed by atoms with van der Waals surface area (Å²) < 4.78 is 13.1. The van der Waals surface area contributed by atoms with Crippen LogP contribution in [0, 0.1) is 0 Å². The first kappa shape index (κ1) is 20.7. The molecule has 0 saturated heterocycles. The average Bonchev–Trinajstić information content (AvgIpc) is 3.09. The summed E-state index contributed by atoms with van der Waals surface area (Å²) in [6.07, 6.45) is 0. The first-order valence-corrected chi connectivity index (χ1v) is 9.78. The molecule has 0 amide bonds. The summed E-state index contributed by atoms with van der Waals surface area (Å²) in [5.74, 6) is 0.916. The standard InChI is InChI=1S/C22H27N3O4/c1-4-24(5-2)12-13-29-19-11-10-16(14-20(19)28-3)22-23-17-8-6-7-9-18(17)25(22)15-21(26)27/h6-11,14H,4-5,12-13,15H2,1-3H3,(H,26,27). The first-order valence-electron chi connectivity index (χ1n) is 9.78. The third-order valence-electron chi connectivity index (χ3n) is 4.93. The molecule has 1 aromatic heterocycles. The number of fused-ring (bicyclic) bond motifs is 1. The molecule has 0 aliphatic carbocycles. The second-order valence-electron chi connectivity index (χ2n) is 6.64. The van der Waals surface area contributed by atoms with E-state index in [0.717, 1.165) is 36.2 Å². The minimum atomic E-state index is -0.919. The van der Waals surface area contributed by atoms with E-state index < -0.39 is 5.97 Å². The number of hydrogen-bond donors (Lipinski definition) is 1. The number of carboxylic acid groups (broad SMARTS) is 1. The monoisotopic (exact) mass is 397 g/mol. The number of carboxylic acids is 1. The van der Waals surface area contributed by atoms with Crippen LogP contribution in [-0.4, -0.2) is 58.9 Å². The second kappa shape index (κ2) is 9.43. The van der Waals surface area contributed by atoms with Crippen molar-refractivity contribution < 1.29 is 19.4 Å². The van der Waals surface area contributed by atoms with Crippen molar-refractivity contribution in [1.82, 2.24) is 14.5 Å². The van der Waals surface area contributed by atoms with Crippen LogP contribution in [0.2, 0.25) is 0 Å². The molecule has 7 nitrogen and oxygen atoms in total. The van der Waals surface area contributed by atoms with E-state index in [1.54, 1.807) is 11.7 Å². The summed E-state index contributed by atoms with van der Waals surface area (Å²) in [6.45, 7) is 7.46. The van der Waals surface area contributed by atoms with Gasteiger partial charge in [-0.15, -0.1) is 0 Å². The number of aliphatic carboxylic acids is 1. The lowest BCUT2D eigenvalue weighted by atomic mass is 10.2. The maximum Gasteiger partial charge on any atom is 0.323 e. The Kier molecular flexibility index (Phi) is 6.72. The highest BCUT2D eigenvalue weighted by Gasteiger charge is 2.16. The fourth-order valence-electron chi connectivity index (χ4n) is 3.34. The number of imidazole rings is 1. The molecule has 0 aliphatic rings. The highest BCUT2D eigenvalue weighted by molar-refractivity contribution is 5.83. The fraction of sp³-hybridized carbons (Fsp3) is 0.364. The molecule has 29 heavy (non-hydrogen) atoms. The number of para-hydroxylation sites is 2. The molecule has 1 heterocycles. The number of nitrogens with zero attached hydrogens (tertiary/aromatic N) is 3. The Morgan fingerprint density at radius 1 is 1.14 bits per heavy atom. The van der Waals surface area contributed by atoms with Crippen LogP contribution in [0.15, 0.2) is 42.5 Å². The molecule has 3 rings (SSSR count). The normalized spacial score (nSPS) is 11.2. The molecule has 2 aromatic carbocycles. The van der Waals surface area contributed by atoms with Crippen molar-refractivity contribution in [3.8, 4) is 22.9 Å². The predicted molar refractivity (Wildman–Crippen MR) is 113 cm³/mol. The van der Waals surface area contributed by atoms with Gasteiger partial charge in [0.15, 0.2) is 11.5 Å². The number of aromatic nitrogens is 2. The molecule has 3 aromatic rings. The maximum atomic E-state index is 11.4. The molecule has 0 spiro atoms. The zero-order chi connectivity index (χ0) is 20.8. The maximum absolute atomic E-state index is 11.4. The highest BCUT2D eigenvalue weighted by Crippen LogP contribution is 2.33. The Morgan fingerprint density at radius 3 is 2.59 bits per heavy atom. The lowest BCUT2D eigenvalue weighted by molar-refractivity contribution is -0.137. The molecule has 0 bridgehead atoms. The smallest absolute Gasteiger partial charge is 0.323 e. The fourth-order valence-corrected chi connectivity index (χ4v) is 3.34. The molecule has 0 fully saturated rings. The van der Waals surface area contributed by atoms with Gasteiger partial charge in [-0.05, 0) is 43.4 Å². The number of hydrogen-bond acceptors (Lipinski definition) is 5. The molecule has 7 heteroatoms. The van der Waals surface area contributed by atoms with Crippen molar-refractivity contribution in [1.29, 1.82) is 0 Å². The molecular formula is C22H27N3O4. The van der Waals surface area contributed by atoms with E-state index >= 15 is 0 Å². The van der Waals surface area contributed by atoms with Crippen molar-refractivity contribution in [3.63, 3.8) is 0 Å². The molecule has 0 aliphatic heterocycles. The third-order valence-corrected chi connectivity index (χ3v) is 4.93. The van der Waals surface area contributed by atoms with Gasteiger partial charge in [0.05, 0.1) is 18.1 Å². The lowest BCUT2D eigenvalue weighted by Crippen LogP contribution is -2.27. The number of benzene rings is 2. The van der Waals surface area contributed by atoms with Gasteiger partial charge in [0.1, 0.15) is 19.0 Å². The molecular weight excluding hydrogens is 370 g/mol. The van der Waals surface area contributed by atoms with Crippen molar-refractivity contribution in [2.75, 3.05) is 33.4 Å². The molecule has 0 unspecified atom stereocenters. The molecule has 0 saturated carbocycles. The van der Waals surface area contributed by atoms with Crippen LogP contribution >= 0.6 is 0 Å². The van der Waals surface area contributed by atoms with Crippen LogP contribution < -0.4 is 9.47 Å². The van der Waals surface area contributed by atoms with Crippen molar-refractivity contribution >= 4 is 17.0 Å². The molecule has 154 valence electrons. The second-order valence-corrected chi connectivity index (χ2v) is 6.64. The third kappa shape index (κ3) is 4.68. The Hall–Kier alpha value is -3.06. The van der Waals surface area contributed by atoms with E-state index in [1.165, 1.54) is 0 Å². The van der Waals surface area contributed by atoms with Gasteiger partial charge in [-0.3, -0.25) is 4.79 Å². The number of carbonyl (C=O) groups is 1. The first-order chi connectivity index (χ1) is 14.1. The summed E-state index contributed by atoms with van der Waals surface area (Å²) in [5, 5.41) is 9.35. The van der Waals surface area contributed by atoms with Crippen LogP contribution in [-0.2, 0) is 11.3 Å². The van der Waals surface area contributed by atoms with E-state index in [1.807, 2.05) is 42.5 Å². The van der Waals surface area contributed by atoms with Gasteiger partial charge < -0.3 is 24.0 Å². The average molecular weight is 397 g/mol. The summed E-state index contributed by atoms with van der Waals surface area (Å²) in [7, 11) is 1.59. The van der Waals surface area contributed by atoms with Gasteiger partial charge in [0, 0.05) is 12.1 Å². The minimum absolute atomic E-state index is 0.166. The zero-order valence-electron chi connectivity index (χ0n) is 17.1.